The first-order valence-corrected chi connectivity index (χ1v) is 7.17. The van der Waals surface area contributed by atoms with Gasteiger partial charge in [-0.05, 0) is 35.9 Å². The molecule has 0 saturated heterocycles. The van der Waals surface area contributed by atoms with E-state index in [2.05, 4.69) is 10.1 Å². The summed E-state index contributed by atoms with van der Waals surface area (Å²) >= 11 is 11.7. The van der Waals surface area contributed by atoms with E-state index in [1.54, 1.807) is 42.5 Å². The lowest BCUT2D eigenvalue weighted by Crippen LogP contribution is -2.15. The molecule has 0 radical (unpaired) electrons. The summed E-state index contributed by atoms with van der Waals surface area (Å²) in [6.45, 7) is 0. The number of carbonyl (C=O) groups is 2. The molecular weight excluding hydrogens is 325 g/mol. The maximum atomic E-state index is 12.0. The van der Waals surface area contributed by atoms with Gasteiger partial charge < -0.3 is 10.1 Å². The number of hydrogen-bond acceptors (Lipinski definition) is 3. The van der Waals surface area contributed by atoms with Gasteiger partial charge >= 0.3 is 5.97 Å². The summed E-state index contributed by atoms with van der Waals surface area (Å²) in [5, 5.41) is 3.56. The molecule has 114 valence electrons. The van der Waals surface area contributed by atoms with Gasteiger partial charge in [-0.2, -0.15) is 0 Å². The van der Waals surface area contributed by atoms with Crippen LogP contribution in [0.4, 0.5) is 5.69 Å². The van der Waals surface area contributed by atoms with Gasteiger partial charge in [0.25, 0.3) is 0 Å². The van der Waals surface area contributed by atoms with Crippen LogP contribution in [0.2, 0.25) is 10.0 Å². The van der Waals surface area contributed by atoms with Crippen molar-refractivity contribution >= 4 is 40.8 Å². The van der Waals surface area contributed by atoms with E-state index >= 15 is 0 Å². The number of carbonyl (C=O) groups excluding carboxylic acids is 2. The van der Waals surface area contributed by atoms with E-state index in [-0.39, 0.29) is 12.3 Å². The van der Waals surface area contributed by atoms with E-state index < -0.39 is 5.97 Å². The fourth-order valence-corrected chi connectivity index (χ4v) is 2.20. The zero-order valence-electron chi connectivity index (χ0n) is 11.7. The summed E-state index contributed by atoms with van der Waals surface area (Å²) in [4.78, 5) is 23.5. The Morgan fingerprint density at radius 3 is 2.55 bits per heavy atom. The van der Waals surface area contributed by atoms with Crippen LogP contribution < -0.4 is 5.32 Å². The van der Waals surface area contributed by atoms with Gasteiger partial charge in [-0.1, -0.05) is 35.3 Å². The Morgan fingerprint density at radius 1 is 1.09 bits per heavy atom. The lowest BCUT2D eigenvalue weighted by molar-refractivity contribution is -0.115. The molecule has 0 saturated carbocycles. The van der Waals surface area contributed by atoms with E-state index in [1.807, 2.05) is 0 Å². The molecule has 0 spiro atoms. The molecule has 0 aliphatic heterocycles. The second-order valence-corrected chi connectivity index (χ2v) is 5.36. The number of esters is 1. The number of anilines is 1. The van der Waals surface area contributed by atoms with Crippen LogP contribution in [-0.2, 0) is 16.0 Å². The highest BCUT2D eigenvalue weighted by Crippen LogP contribution is 2.23. The van der Waals surface area contributed by atoms with Crippen LogP contribution in [0, 0.1) is 0 Å². The number of amides is 1. The predicted molar refractivity (Wildman–Crippen MR) is 86.6 cm³/mol. The fourth-order valence-electron chi connectivity index (χ4n) is 1.88. The first kappa shape index (κ1) is 16.3. The van der Waals surface area contributed by atoms with E-state index in [1.165, 1.54) is 7.11 Å². The molecule has 0 atom stereocenters. The Kier molecular flexibility index (Phi) is 5.41. The van der Waals surface area contributed by atoms with Gasteiger partial charge in [0.15, 0.2) is 0 Å². The molecule has 4 nitrogen and oxygen atoms in total. The third kappa shape index (κ3) is 4.23. The zero-order valence-corrected chi connectivity index (χ0v) is 13.2. The average molecular weight is 338 g/mol. The van der Waals surface area contributed by atoms with Crippen LogP contribution in [0.5, 0.6) is 0 Å². The minimum Gasteiger partial charge on any atom is -0.465 e. The summed E-state index contributed by atoms with van der Waals surface area (Å²) in [5.74, 6) is -0.680. The van der Waals surface area contributed by atoms with E-state index in [9.17, 15) is 9.59 Å². The molecule has 0 bridgehead atoms. The second kappa shape index (κ2) is 7.29. The van der Waals surface area contributed by atoms with Crippen molar-refractivity contribution in [3.8, 4) is 0 Å². The van der Waals surface area contributed by atoms with Gasteiger partial charge in [-0.25, -0.2) is 4.79 Å². The molecule has 0 aliphatic rings. The Bertz CT molecular complexity index is 716. The van der Waals surface area contributed by atoms with E-state index in [0.29, 0.717) is 21.3 Å². The molecule has 0 aliphatic carbocycles. The van der Waals surface area contributed by atoms with Crippen LogP contribution in [0.1, 0.15) is 15.9 Å². The van der Waals surface area contributed by atoms with Crippen molar-refractivity contribution in [1.29, 1.82) is 0 Å². The maximum absolute atomic E-state index is 12.0. The lowest BCUT2D eigenvalue weighted by Gasteiger charge is -2.07. The van der Waals surface area contributed by atoms with E-state index in [0.717, 1.165) is 5.56 Å². The third-order valence-electron chi connectivity index (χ3n) is 2.92. The largest absolute Gasteiger partial charge is 0.465 e. The van der Waals surface area contributed by atoms with Crippen molar-refractivity contribution in [2.45, 2.75) is 6.42 Å². The number of rotatable bonds is 4. The van der Waals surface area contributed by atoms with Crippen molar-refractivity contribution < 1.29 is 14.3 Å². The van der Waals surface area contributed by atoms with Crippen molar-refractivity contribution in [3.05, 3.63) is 63.6 Å². The molecule has 0 fully saturated rings. The summed E-state index contributed by atoms with van der Waals surface area (Å²) in [6.07, 6.45) is 0.152. The Labute approximate surface area is 138 Å². The summed E-state index contributed by atoms with van der Waals surface area (Å²) in [7, 11) is 1.30. The van der Waals surface area contributed by atoms with Crippen LogP contribution in [-0.4, -0.2) is 19.0 Å². The van der Waals surface area contributed by atoms with E-state index in [4.69, 9.17) is 23.2 Å². The van der Waals surface area contributed by atoms with Gasteiger partial charge in [-0.3, -0.25) is 4.79 Å². The summed E-state index contributed by atoms with van der Waals surface area (Å²) in [5.41, 5.74) is 1.64. The van der Waals surface area contributed by atoms with Crippen molar-refractivity contribution in [2.24, 2.45) is 0 Å². The van der Waals surface area contributed by atoms with Gasteiger partial charge in [-0.15, -0.1) is 0 Å². The molecule has 2 rings (SSSR count). The highest BCUT2D eigenvalue weighted by Gasteiger charge is 2.09. The van der Waals surface area contributed by atoms with Crippen molar-refractivity contribution in [2.75, 3.05) is 12.4 Å². The SMILES string of the molecule is COC(=O)c1cccc(NC(=O)Cc2ccc(Cl)c(Cl)c2)c1. The minimum atomic E-state index is -0.458. The number of ether oxygens (including phenoxy) is 1. The molecule has 0 unspecified atom stereocenters. The van der Waals surface area contributed by atoms with Gasteiger partial charge in [0.05, 0.1) is 29.1 Å². The molecule has 1 N–H and O–H groups in total. The quantitative estimate of drug-likeness (QED) is 0.859. The third-order valence-corrected chi connectivity index (χ3v) is 3.66. The second-order valence-electron chi connectivity index (χ2n) is 4.55. The first-order chi connectivity index (χ1) is 10.5. The topological polar surface area (TPSA) is 55.4 Å². The maximum Gasteiger partial charge on any atom is 0.337 e. The average Bonchev–Trinajstić information content (AvgIpc) is 2.50. The monoisotopic (exact) mass is 337 g/mol. The molecular formula is C16H13Cl2NO3. The Hall–Kier alpha value is -2.04. The summed E-state index contributed by atoms with van der Waals surface area (Å²) in [6, 6.07) is 11.6. The fraction of sp³-hybridized carbons (Fsp3) is 0.125. The van der Waals surface area contributed by atoms with Crippen molar-refractivity contribution in [3.63, 3.8) is 0 Å². The number of nitrogens with one attached hydrogen (secondary N) is 1. The zero-order chi connectivity index (χ0) is 16.1. The first-order valence-electron chi connectivity index (χ1n) is 6.42. The minimum absolute atomic E-state index is 0.152. The summed E-state index contributed by atoms with van der Waals surface area (Å²) < 4.78 is 4.64. The molecule has 0 heterocycles. The smallest absolute Gasteiger partial charge is 0.337 e. The normalized spacial score (nSPS) is 10.1. The molecule has 6 heteroatoms. The number of benzene rings is 2. The van der Waals surface area contributed by atoms with Crippen LogP contribution in [0.25, 0.3) is 0 Å². The molecule has 0 aromatic heterocycles. The van der Waals surface area contributed by atoms with Crippen LogP contribution >= 0.6 is 23.2 Å². The lowest BCUT2D eigenvalue weighted by atomic mass is 10.1. The van der Waals surface area contributed by atoms with Gasteiger partial charge in [0.1, 0.15) is 0 Å². The highest BCUT2D eigenvalue weighted by atomic mass is 35.5. The van der Waals surface area contributed by atoms with Gasteiger partial charge in [0, 0.05) is 5.69 Å². The Morgan fingerprint density at radius 2 is 1.86 bits per heavy atom. The molecule has 2 aromatic carbocycles. The molecule has 1 amide bonds. The number of methoxy groups -OCH3 is 1. The number of hydrogen-bond donors (Lipinski definition) is 1. The Balaban J connectivity index is 2.05. The standard InChI is InChI=1S/C16H13Cl2NO3/c1-22-16(21)11-3-2-4-12(9-11)19-15(20)8-10-5-6-13(17)14(18)7-10/h2-7,9H,8H2,1H3,(H,19,20). The highest BCUT2D eigenvalue weighted by molar-refractivity contribution is 6.42. The predicted octanol–water partition coefficient (Wildman–Crippen LogP) is 3.96. The molecule has 22 heavy (non-hydrogen) atoms. The van der Waals surface area contributed by atoms with Gasteiger partial charge in [0.2, 0.25) is 5.91 Å². The molecule has 2 aromatic rings. The van der Waals surface area contributed by atoms with Crippen LogP contribution in [0.3, 0.4) is 0 Å². The number of halogens is 2. The van der Waals surface area contributed by atoms with Crippen molar-refractivity contribution in [1.82, 2.24) is 0 Å². The van der Waals surface area contributed by atoms with Crippen LogP contribution in [0.15, 0.2) is 42.5 Å².